The lowest BCUT2D eigenvalue weighted by molar-refractivity contribution is -0.117. The third kappa shape index (κ3) is 4.60. The van der Waals surface area contributed by atoms with Gasteiger partial charge in [0.15, 0.2) is 0 Å². The van der Waals surface area contributed by atoms with Gasteiger partial charge >= 0.3 is 0 Å². The molecule has 2 atom stereocenters. The first kappa shape index (κ1) is 15.0. The van der Waals surface area contributed by atoms with Gasteiger partial charge < -0.3 is 11.1 Å². The summed E-state index contributed by atoms with van der Waals surface area (Å²) in [6.45, 7) is 0. The summed E-state index contributed by atoms with van der Waals surface area (Å²) in [5.74, 6) is -0.0147. The summed E-state index contributed by atoms with van der Waals surface area (Å²) in [6, 6.07) is 7.83. The van der Waals surface area contributed by atoms with Crippen molar-refractivity contribution in [1.82, 2.24) is 5.32 Å². The van der Waals surface area contributed by atoms with E-state index in [0.717, 1.165) is 18.4 Å². The number of nitrogens with one attached hydrogen (secondary N) is 1. The Morgan fingerprint density at radius 2 is 2.30 bits per heavy atom. The highest BCUT2D eigenvalue weighted by Crippen LogP contribution is 2.26. The number of nitrogen functional groups attached to an aromatic ring is 1. The van der Waals surface area contributed by atoms with E-state index in [1.54, 1.807) is 12.2 Å². The summed E-state index contributed by atoms with van der Waals surface area (Å²) < 4.78 is 0. The molecular weight excluding hydrogens is 268 g/mol. The Labute approximate surface area is 125 Å². The highest BCUT2D eigenvalue weighted by Gasteiger charge is 2.21. The van der Waals surface area contributed by atoms with Crippen molar-refractivity contribution in [2.75, 3.05) is 12.0 Å². The molecule has 0 bridgehead atoms. The molecule has 1 fully saturated rings. The number of hydrogen-bond donors (Lipinski definition) is 2. The minimum atomic E-state index is -0.0147. The fourth-order valence-electron chi connectivity index (χ4n) is 2.57. The van der Waals surface area contributed by atoms with E-state index in [2.05, 4.69) is 11.6 Å². The van der Waals surface area contributed by atoms with Crippen LogP contribution < -0.4 is 11.1 Å². The zero-order valence-electron chi connectivity index (χ0n) is 11.8. The van der Waals surface area contributed by atoms with Gasteiger partial charge in [-0.2, -0.15) is 11.8 Å². The summed E-state index contributed by atoms with van der Waals surface area (Å²) in [5.41, 5.74) is 7.37. The number of carbonyl (C=O) groups is 1. The molecule has 0 spiro atoms. The quantitative estimate of drug-likeness (QED) is 0.662. The largest absolute Gasteiger partial charge is 0.399 e. The Morgan fingerprint density at radius 1 is 1.45 bits per heavy atom. The maximum absolute atomic E-state index is 11.9. The normalized spacial score (nSPS) is 22.9. The molecule has 1 saturated carbocycles. The van der Waals surface area contributed by atoms with Gasteiger partial charge in [-0.15, -0.1) is 0 Å². The Balaban J connectivity index is 1.86. The molecule has 1 aliphatic rings. The molecular formula is C16H22N2OS. The minimum Gasteiger partial charge on any atom is -0.399 e. The molecule has 20 heavy (non-hydrogen) atoms. The third-order valence-electron chi connectivity index (χ3n) is 3.64. The molecule has 0 aromatic heterocycles. The second-order valence-electron chi connectivity index (χ2n) is 5.23. The van der Waals surface area contributed by atoms with Crippen LogP contribution in [-0.4, -0.2) is 23.5 Å². The lowest BCUT2D eigenvalue weighted by Gasteiger charge is -2.28. The Bertz CT molecular complexity index is 487. The number of hydrogen-bond acceptors (Lipinski definition) is 3. The van der Waals surface area contributed by atoms with Crippen LogP contribution in [-0.2, 0) is 4.79 Å². The highest BCUT2D eigenvalue weighted by molar-refractivity contribution is 7.99. The van der Waals surface area contributed by atoms with E-state index < -0.39 is 0 Å². The first-order valence-corrected chi connectivity index (χ1v) is 8.33. The van der Waals surface area contributed by atoms with Gasteiger partial charge in [-0.25, -0.2) is 0 Å². The van der Waals surface area contributed by atoms with Gasteiger partial charge in [0.05, 0.1) is 0 Å². The van der Waals surface area contributed by atoms with Crippen LogP contribution in [0.15, 0.2) is 30.3 Å². The lowest BCUT2D eigenvalue weighted by atomic mass is 9.95. The van der Waals surface area contributed by atoms with E-state index in [-0.39, 0.29) is 5.91 Å². The smallest absolute Gasteiger partial charge is 0.244 e. The summed E-state index contributed by atoms with van der Waals surface area (Å²) in [5, 5.41) is 3.78. The molecule has 0 heterocycles. The Hall–Kier alpha value is -1.42. The van der Waals surface area contributed by atoms with E-state index in [1.807, 2.05) is 36.0 Å². The Kier molecular flexibility index (Phi) is 5.53. The molecule has 1 aromatic carbocycles. The van der Waals surface area contributed by atoms with Gasteiger partial charge in [-0.1, -0.05) is 18.6 Å². The SMILES string of the molecule is CSC1CCCC(NC(=O)/C=C/c2cccc(N)c2)C1. The molecule has 2 unspecified atom stereocenters. The van der Waals surface area contributed by atoms with Crippen LogP contribution in [0.3, 0.4) is 0 Å². The van der Waals surface area contributed by atoms with Crippen LogP contribution in [0.25, 0.3) is 6.08 Å². The molecule has 4 heteroatoms. The van der Waals surface area contributed by atoms with Crippen LogP contribution in [0.4, 0.5) is 5.69 Å². The van der Waals surface area contributed by atoms with Gasteiger partial charge in [-0.3, -0.25) is 4.79 Å². The van der Waals surface area contributed by atoms with Crippen LogP contribution >= 0.6 is 11.8 Å². The van der Waals surface area contributed by atoms with E-state index in [4.69, 9.17) is 5.73 Å². The lowest BCUT2D eigenvalue weighted by Crippen LogP contribution is -2.38. The predicted molar refractivity (Wildman–Crippen MR) is 87.6 cm³/mol. The van der Waals surface area contributed by atoms with Crippen molar-refractivity contribution in [3.8, 4) is 0 Å². The zero-order chi connectivity index (χ0) is 14.4. The summed E-state index contributed by atoms with van der Waals surface area (Å²) >= 11 is 1.91. The number of nitrogens with two attached hydrogens (primary N) is 1. The van der Waals surface area contributed by atoms with Gasteiger partial charge in [0.25, 0.3) is 0 Å². The van der Waals surface area contributed by atoms with Crippen molar-refractivity contribution in [1.29, 1.82) is 0 Å². The number of anilines is 1. The van der Waals surface area contributed by atoms with Crippen molar-refractivity contribution >= 4 is 29.4 Å². The van der Waals surface area contributed by atoms with Gasteiger partial charge in [0.1, 0.15) is 0 Å². The zero-order valence-corrected chi connectivity index (χ0v) is 12.7. The monoisotopic (exact) mass is 290 g/mol. The molecule has 1 amide bonds. The molecule has 1 aromatic rings. The summed E-state index contributed by atoms with van der Waals surface area (Å²) in [6.07, 6.45) is 10.2. The van der Waals surface area contributed by atoms with Crippen LogP contribution in [0.5, 0.6) is 0 Å². The number of rotatable bonds is 4. The molecule has 108 valence electrons. The second-order valence-corrected chi connectivity index (χ2v) is 6.37. The summed E-state index contributed by atoms with van der Waals surface area (Å²) in [4.78, 5) is 11.9. The average Bonchev–Trinajstić information content (AvgIpc) is 2.45. The van der Waals surface area contributed by atoms with E-state index >= 15 is 0 Å². The first-order chi connectivity index (χ1) is 9.67. The van der Waals surface area contributed by atoms with E-state index in [9.17, 15) is 4.79 Å². The number of amides is 1. The van der Waals surface area contributed by atoms with Crippen LogP contribution in [0, 0.1) is 0 Å². The average molecular weight is 290 g/mol. The first-order valence-electron chi connectivity index (χ1n) is 7.04. The standard InChI is InChI=1S/C16H22N2OS/c1-20-15-7-3-6-14(11-15)18-16(19)9-8-12-4-2-5-13(17)10-12/h2,4-5,8-10,14-15H,3,6-7,11,17H2,1H3,(H,18,19)/b9-8+. The minimum absolute atomic E-state index is 0.0147. The number of thioether (sulfide) groups is 1. The second kappa shape index (κ2) is 7.39. The summed E-state index contributed by atoms with van der Waals surface area (Å²) in [7, 11) is 0. The Morgan fingerprint density at radius 3 is 3.05 bits per heavy atom. The molecule has 3 N–H and O–H groups in total. The van der Waals surface area contributed by atoms with Crippen molar-refractivity contribution < 1.29 is 4.79 Å². The van der Waals surface area contributed by atoms with E-state index in [1.165, 1.54) is 12.8 Å². The molecule has 2 rings (SSSR count). The molecule has 0 aliphatic heterocycles. The fraction of sp³-hybridized carbons (Fsp3) is 0.438. The molecule has 3 nitrogen and oxygen atoms in total. The van der Waals surface area contributed by atoms with Gasteiger partial charge in [0, 0.05) is 23.1 Å². The molecule has 0 saturated heterocycles. The predicted octanol–water partition coefficient (Wildman–Crippen LogP) is 3.07. The number of benzene rings is 1. The van der Waals surface area contributed by atoms with E-state index in [0.29, 0.717) is 17.0 Å². The topological polar surface area (TPSA) is 55.1 Å². The maximum Gasteiger partial charge on any atom is 0.244 e. The van der Waals surface area contributed by atoms with Gasteiger partial charge in [0.2, 0.25) is 5.91 Å². The molecule has 1 aliphatic carbocycles. The van der Waals surface area contributed by atoms with Gasteiger partial charge in [-0.05, 0) is 49.3 Å². The molecule has 0 radical (unpaired) electrons. The van der Waals surface area contributed by atoms with Crippen molar-refractivity contribution in [3.63, 3.8) is 0 Å². The van der Waals surface area contributed by atoms with Crippen LogP contribution in [0.1, 0.15) is 31.2 Å². The highest BCUT2D eigenvalue weighted by atomic mass is 32.2. The number of carbonyl (C=O) groups excluding carboxylic acids is 1. The third-order valence-corrected chi connectivity index (χ3v) is 4.74. The van der Waals surface area contributed by atoms with Crippen molar-refractivity contribution in [3.05, 3.63) is 35.9 Å². The maximum atomic E-state index is 11.9. The van der Waals surface area contributed by atoms with Crippen molar-refractivity contribution in [2.24, 2.45) is 0 Å². The van der Waals surface area contributed by atoms with Crippen LogP contribution in [0.2, 0.25) is 0 Å². The van der Waals surface area contributed by atoms with Crippen molar-refractivity contribution in [2.45, 2.75) is 37.0 Å². The fourth-order valence-corrected chi connectivity index (χ4v) is 3.40.